The highest BCUT2D eigenvalue weighted by Crippen LogP contribution is 2.32. The molecule has 0 heterocycles. The molecular weight excluding hydrogens is 222 g/mol. The fourth-order valence-electron chi connectivity index (χ4n) is 1.13. The van der Waals surface area contributed by atoms with Crippen LogP contribution in [0, 0.1) is 18.2 Å². The highest BCUT2D eigenvalue weighted by molar-refractivity contribution is 5.47. The zero-order valence-corrected chi connectivity index (χ0v) is 8.24. The van der Waals surface area contributed by atoms with E-state index in [9.17, 15) is 17.6 Å². The second-order valence-corrected chi connectivity index (χ2v) is 3.07. The van der Waals surface area contributed by atoms with E-state index < -0.39 is 17.6 Å². The fourth-order valence-corrected chi connectivity index (χ4v) is 1.13. The first-order chi connectivity index (χ1) is 7.45. The van der Waals surface area contributed by atoms with Crippen molar-refractivity contribution in [1.29, 1.82) is 0 Å². The maximum atomic E-state index is 12.9. The Hall–Kier alpha value is -1.70. The summed E-state index contributed by atoms with van der Waals surface area (Å²) in [5.41, 5.74) is -1.08. The van der Waals surface area contributed by atoms with Gasteiger partial charge in [0, 0.05) is 18.7 Å². The van der Waals surface area contributed by atoms with Crippen molar-refractivity contribution >= 4 is 5.69 Å². The number of halogens is 4. The lowest BCUT2D eigenvalue weighted by Gasteiger charge is -2.10. The van der Waals surface area contributed by atoms with Gasteiger partial charge in [-0.3, -0.25) is 0 Å². The molecule has 0 spiro atoms. The molecule has 0 aliphatic heterocycles. The van der Waals surface area contributed by atoms with Crippen molar-refractivity contribution in [2.45, 2.75) is 12.6 Å². The summed E-state index contributed by atoms with van der Waals surface area (Å²) in [5.74, 6) is 1.05. The highest BCUT2D eigenvalue weighted by atomic mass is 19.4. The van der Waals surface area contributed by atoms with Crippen molar-refractivity contribution in [3.8, 4) is 12.3 Å². The Bertz CT molecular complexity index is 403. The normalized spacial score (nSPS) is 10.9. The van der Waals surface area contributed by atoms with Gasteiger partial charge in [-0.2, -0.15) is 13.2 Å². The molecule has 0 fully saturated rings. The van der Waals surface area contributed by atoms with E-state index in [0.29, 0.717) is 13.0 Å². The first-order valence-corrected chi connectivity index (χ1v) is 4.49. The molecule has 1 nitrogen and oxygen atoms in total. The largest absolute Gasteiger partial charge is 0.419 e. The molecule has 0 aliphatic rings. The number of alkyl halides is 3. The molecule has 16 heavy (non-hydrogen) atoms. The summed E-state index contributed by atoms with van der Waals surface area (Å²) in [4.78, 5) is 0. The Balaban J connectivity index is 2.87. The van der Waals surface area contributed by atoms with Gasteiger partial charge in [-0.1, -0.05) is 0 Å². The van der Waals surface area contributed by atoms with Crippen LogP contribution in [0.4, 0.5) is 23.2 Å². The summed E-state index contributed by atoms with van der Waals surface area (Å²) in [7, 11) is 0. The summed E-state index contributed by atoms with van der Waals surface area (Å²) in [6, 6.07) is 2.74. The highest BCUT2D eigenvalue weighted by Gasteiger charge is 2.34. The fraction of sp³-hybridized carbons (Fsp3) is 0.273. The lowest BCUT2D eigenvalue weighted by Crippen LogP contribution is -2.09. The average Bonchev–Trinajstić information content (AvgIpc) is 2.19. The van der Waals surface area contributed by atoms with Crippen LogP contribution in [0.1, 0.15) is 12.0 Å². The van der Waals surface area contributed by atoms with E-state index in [1.165, 1.54) is 6.07 Å². The summed E-state index contributed by atoms with van der Waals surface area (Å²) in [6.07, 6.45) is 0.687. The van der Waals surface area contributed by atoms with E-state index in [4.69, 9.17) is 6.42 Å². The van der Waals surface area contributed by atoms with Gasteiger partial charge in [-0.05, 0) is 18.2 Å². The number of hydrogen-bond donors (Lipinski definition) is 1. The first-order valence-electron chi connectivity index (χ1n) is 4.49. The lowest BCUT2D eigenvalue weighted by molar-refractivity contribution is -0.139. The molecule has 0 saturated heterocycles. The number of nitrogens with one attached hydrogen (secondary N) is 1. The van der Waals surface area contributed by atoms with Crippen LogP contribution in [0.5, 0.6) is 0 Å². The lowest BCUT2D eigenvalue weighted by atomic mass is 10.2. The zero-order valence-electron chi connectivity index (χ0n) is 8.24. The van der Waals surface area contributed by atoms with Crippen molar-refractivity contribution in [3.05, 3.63) is 29.6 Å². The quantitative estimate of drug-likeness (QED) is 0.478. The molecule has 0 aliphatic carbocycles. The summed E-state index contributed by atoms with van der Waals surface area (Å²) >= 11 is 0. The summed E-state index contributed by atoms with van der Waals surface area (Å²) in [6.45, 7) is 0.347. The van der Waals surface area contributed by atoms with Gasteiger partial charge in [0.15, 0.2) is 0 Å². The molecular formula is C11H9F4N. The van der Waals surface area contributed by atoms with Gasteiger partial charge in [0.05, 0.1) is 5.56 Å². The Kier molecular flexibility index (Phi) is 3.78. The zero-order chi connectivity index (χ0) is 12.2. The molecule has 1 aromatic rings. The van der Waals surface area contributed by atoms with E-state index in [1.54, 1.807) is 0 Å². The van der Waals surface area contributed by atoms with Crippen molar-refractivity contribution in [3.63, 3.8) is 0 Å². The maximum absolute atomic E-state index is 12.9. The molecule has 0 atom stereocenters. The number of terminal acetylenes is 1. The van der Waals surface area contributed by atoms with Crippen LogP contribution in [-0.4, -0.2) is 6.54 Å². The minimum Gasteiger partial charge on any atom is -0.384 e. The molecule has 86 valence electrons. The van der Waals surface area contributed by atoms with Gasteiger partial charge in [0.2, 0.25) is 0 Å². The standard InChI is InChI=1S/C11H9F4N/c1-2-3-6-16-8-4-5-10(12)9(7-8)11(13,14)15/h1,4-5,7,16H,3,6H2. The van der Waals surface area contributed by atoms with Gasteiger partial charge in [0.1, 0.15) is 5.82 Å². The van der Waals surface area contributed by atoms with Crippen molar-refractivity contribution < 1.29 is 17.6 Å². The topological polar surface area (TPSA) is 12.0 Å². The van der Waals surface area contributed by atoms with Gasteiger partial charge >= 0.3 is 6.18 Å². The van der Waals surface area contributed by atoms with Crippen LogP contribution in [-0.2, 0) is 6.18 Å². The van der Waals surface area contributed by atoms with Crippen molar-refractivity contribution in [2.24, 2.45) is 0 Å². The SMILES string of the molecule is C#CCCNc1ccc(F)c(C(F)(F)F)c1. The van der Waals surface area contributed by atoms with Gasteiger partial charge in [-0.15, -0.1) is 12.3 Å². The van der Waals surface area contributed by atoms with E-state index in [0.717, 1.165) is 12.1 Å². The molecule has 1 rings (SSSR count). The number of hydrogen-bond acceptors (Lipinski definition) is 1. The smallest absolute Gasteiger partial charge is 0.384 e. The minimum atomic E-state index is -4.69. The van der Waals surface area contributed by atoms with Crippen LogP contribution < -0.4 is 5.32 Å². The van der Waals surface area contributed by atoms with E-state index in [2.05, 4.69) is 11.2 Å². The molecule has 0 bridgehead atoms. The molecule has 0 amide bonds. The third-order valence-electron chi connectivity index (χ3n) is 1.87. The molecule has 0 unspecified atom stereocenters. The molecule has 0 saturated carbocycles. The van der Waals surface area contributed by atoms with Gasteiger partial charge < -0.3 is 5.32 Å². The van der Waals surface area contributed by atoms with Gasteiger partial charge in [0.25, 0.3) is 0 Å². The van der Waals surface area contributed by atoms with Crippen LogP contribution in [0.3, 0.4) is 0 Å². The summed E-state index contributed by atoms with van der Waals surface area (Å²) in [5, 5.41) is 2.68. The maximum Gasteiger partial charge on any atom is 0.419 e. The number of benzene rings is 1. The number of anilines is 1. The van der Waals surface area contributed by atoms with Crippen LogP contribution in [0.25, 0.3) is 0 Å². The molecule has 0 aromatic heterocycles. The molecule has 1 N–H and O–H groups in total. The predicted octanol–water partition coefficient (Wildman–Crippen LogP) is 3.28. The molecule has 0 radical (unpaired) electrons. The molecule has 5 heteroatoms. The van der Waals surface area contributed by atoms with E-state index in [1.807, 2.05) is 0 Å². The van der Waals surface area contributed by atoms with Crippen LogP contribution >= 0.6 is 0 Å². The Morgan fingerprint density at radius 3 is 2.56 bits per heavy atom. The van der Waals surface area contributed by atoms with Crippen molar-refractivity contribution in [1.82, 2.24) is 0 Å². The average molecular weight is 231 g/mol. The Labute approximate surface area is 90.5 Å². The Morgan fingerprint density at radius 2 is 2.00 bits per heavy atom. The van der Waals surface area contributed by atoms with Gasteiger partial charge in [-0.25, -0.2) is 4.39 Å². The van der Waals surface area contributed by atoms with Crippen LogP contribution in [0.2, 0.25) is 0 Å². The second kappa shape index (κ2) is 4.88. The van der Waals surface area contributed by atoms with E-state index in [-0.39, 0.29) is 5.69 Å². The number of rotatable bonds is 3. The second-order valence-electron chi connectivity index (χ2n) is 3.07. The first kappa shape index (κ1) is 12.4. The Morgan fingerprint density at radius 1 is 1.31 bits per heavy atom. The summed E-state index contributed by atoms with van der Waals surface area (Å²) < 4.78 is 49.8. The minimum absolute atomic E-state index is 0.198. The van der Waals surface area contributed by atoms with Crippen LogP contribution in [0.15, 0.2) is 18.2 Å². The third kappa shape index (κ3) is 3.16. The van der Waals surface area contributed by atoms with Crippen molar-refractivity contribution in [2.75, 3.05) is 11.9 Å². The predicted molar refractivity (Wildman–Crippen MR) is 53.3 cm³/mol. The molecule has 1 aromatic carbocycles. The monoisotopic (exact) mass is 231 g/mol. The third-order valence-corrected chi connectivity index (χ3v) is 1.87. The van der Waals surface area contributed by atoms with E-state index >= 15 is 0 Å².